The molecule has 4 rings (SSSR count). The Bertz CT molecular complexity index is 780. The molecule has 26 heavy (non-hydrogen) atoms. The van der Waals surface area contributed by atoms with E-state index in [1.165, 1.54) is 36.1 Å². The third-order valence-electron chi connectivity index (χ3n) is 4.79. The number of thiazole rings is 1. The minimum absolute atomic E-state index is 0.244. The average Bonchev–Trinajstić information content (AvgIpc) is 3.41. The Labute approximate surface area is 163 Å². The van der Waals surface area contributed by atoms with Crippen LogP contribution in [0.25, 0.3) is 0 Å². The highest BCUT2D eigenvalue weighted by atomic mass is 32.1. The summed E-state index contributed by atoms with van der Waals surface area (Å²) < 4.78 is 6.14. The first-order valence-corrected chi connectivity index (χ1v) is 11.0. The summed E-state index contributed by atoms with van der Waals surface area (Å²) in [5.41, 5.74) is 1.26. The molecule has 3 aromatic rings. The van der Waals surface area contributed by atoms with Gasteiger partial charge in [-0.15, -0.1) is 22.7 Å². The standard InChI is InChI=1S/C21H24N2OS2/c1-2-7-17(6-1)24-18-8-3-5-16(13-18)15-23-20(21-22-10-12-26-21)14-19-9-4-11-25-19/h3-5,8-13,17,20,23H,1-2,6-7,14-15H2/t20-/m1/s1. The molecular formula is C21H24N2OS2. The Kier molecular flexibility index (Phi) is 5.99. The fourth-order valence-electron chi connectivity index (χ4n) is 3.45. The molecule has 0 amide bonds. The van der Waals surface area contributed by atoms with Gasteiger partial charge in [0, 0.05) is 29.4 Å². The van der Waals surface area contributed by atoms with Gasteiger partial charge in [-0.05, 0) is 54.8 Å². The van der Waals surface area contributed by atoms with Crippen LogP contribution < -0.4 is 10.1 Å². The zero-order chi connectivity index (χ0) is 17.6. The highest BCUT2D eigenvalue weighted by Gasteiger charge is 2.17. The maximum atomic E-state index is 6.14. The zero-order valence-corrected chi connectivity index (χ0v) is 16.4. The van der Waals surface area contributed by atoms with Crippen molar-refractivity contribution in [3.63, 3.8) is 0 Å². The van der Waals surface area contributed by atoms with Gasteiger partial charge in [0.1, 0.15) is 10.8 Å². The predicted molar refractivity (Wildman–Crippen MR) is 109 cm³/mol. The predicted octanol–water partition coefficient (Wildman–Crippen LogP) is 5.60. The third kappa shape index (κ3) is 4.72. The van der Waals surface area contributed by atoms with Crippen LogP contribution in [0.5, 0.6) is 5.75 Å². The Morgan fingerprint density at radius 1 is 1.12 bits per heavy atom. The van der Waals surface area contributed by atoms with Crippen LogP contribution in [0, 0.1) is 0 Å². The van der Waals surface area contributed by atoms with Crippen LogP contribution in [0.15, 0.2) is 53.4 Å². The van der Waals surface area contributed by atoms with Crippen molar-refractivity contribution in [3.8, 4) is 5.75 Å². The van der Waals surface area contributed by atoms with E-state index in [4.69, 9.17) is 4.74 Å². The summed E-state index contributed by atoms with van der Waals surface area (Å²) in [5.74, 6) is 1.00. The summed E-state index contributed by atoms with van der Waals surface area (Å²) in [7, 11) is 0. The van der Waals surface area contributed by atoms with Gasteiger partial charge in [0.25, 0.3) is 0 Å². The monoisotopic (exact) mass is 384 g/mol. The summed E-state index contributed by atoms with van der Waals surface area (Å²) in [6, 6.07) is 13.1. The Balaban J connectivity index is 1.40. The van der Waals surface area contributed by atoms with E-state index >= 15 is 0 Å². The second-order valence-electron chi connectivity index (χ2n) is 6.76. The Hall–Kier alpha value is -1.69. The molecule has 1 saturated carbocycles. The maximum absolute atomic E-state index is 6.14. The van der Waals surface area contributed by atoms with E-state index in [1.807, 2.05) is 17.5 Å². The van der Waals surface area contributed by atoms with E-state index in [0.29, 0.717) is 6.10 Å². The van der Waals surface area contributed by atoms with Crippen LogP contribution in [-0.4, -0.2) is 11.1 Å². The molecule has 0 saturated heterocycles. The van der Waals surface area contributed by atoms with Crippen molar-refractivity contribution >= 4 is 22.7 Å². The average molecular weight is 385 g/mol. The molecule has 1 aliphatic rings. The molecule has 1 fully saturated rings. The van der Waals surface area contributed by atoms with E-state index in [2.05, 4.69) is 57.5 Å². The summed E-state index contributed by atoms with van der Waals surface area (Å²) in [6.45, 7) is 0.817. The van der Waals surface area contributed by atoms with Crippen LogP contribution in [0.4, 0.5) is 0 Å². The lowest BCUT2D eigenvalue weighted by molar-refractivity contribution is 0.210. The van der Waals surface area contributed by atoms with Crippen molar-refractivity contribution in [3.05, 3.63) is 68.8 Å². The molecule has 0 aliphatic heterocycles. The fraction of sp³-hybridized carbons (Fsp3) is 0.381. The van der Waals surface area contributed by atoms with Crippen molar-refractivity contribution < 1.29 is 4.74 Å². The van der Waals surface area contributed by atoms with E-state index < -0.39 is 0 Å². The molecular weight excluding hydrogens is 360 g/mol. The van der Waals surface area contributed by atoms with Crippen LogP contribution in [0.3, 0.4) is 0 Å². The number of rotatable bonds is 8. The first-order valence-electron chi connectivity index (χ1n) is 9.27. The van der Waals surface area contributed by atoms with E-state index in [-0.39, 0.29) is 6.04 Å². The SMILES string of the molecule is c1cc(CN[C@H](Cc2cccs2)c2nccs2)cc(OC2CCCC2)c1. The van der Waals surface area contributed by atoms with Crippen molar-refractivity contribution in [2.45, 2.75) is 50.8 Å². The van der Waals surface area contributed by atoms with E-state index in [0.717, 1.165) is 23.7 Å². The second-order valence-corrected chi connectivity index (χ2v) is 8.72. The van der Waals surface area contributed by atoms with E-state index in [1.54, 1.807) is 11.3 Å². The lowest BCUT2D eigenvalue weighted by Gasteiger charge is -2.17. The molecule has 1 aliphatic carbocycles. The minimum atomic E-state index is 0.244. The quantitative estimate of drug-likeness (QED) is 0.549. The summed E-state index contributed by atoms with van der Waals surface area (Å²) in [6.07, 6.45) is 8.24. The molecule has 0 radical (unpaired) electrons. The molecule has 1 aromatic carbocycles. The van der Waals surface area contributed by atoms with E-state index in [9.17, 15) is 0 Å². The maximum Gasteiger partial charge on any atom is 0.120 e. The highest BCUT2D eigenvalue weighted by molar-refractivity contribution is 7.10. The Morgan fingerprint density at radius 2 is 2.04 bits per heavy atom. The number of thiophene rings is 1. The summed E-state index contributed by atoms with van der Waals surface area (Å²) >= 11 is 3.53. The number of benzene rings is 1. The second kappa shape index (κ2) is 8.80. The molecule has 1 N–H and O–H groups in total. The lowest BCUT2D eigenvalue weighted by atomic mass is 10.1. The van der Waals surface area contributed by atoms with Crippen molar-refractivity contribution in [1.82, 2.24) is 10.3 Å². The van der Waals surface area contributed by atoms with Gasteiger partial charge in [-0.1, -0.05) is 18.2 Å². The van der Waals surface area contributed by atoms with Gasteiger partial charge in [0.15, 0.2) is 0 Å². The van der Waals surface area contributed by atoms with Crippen LogP contribution in [0.1, 0.15) is 47.2 Å². The lowest BCUT2D eigenvalue weighted by Crippen LogP contribution is -2.22. The Morgan fingerprint density at radius 3 is 2.81 bits per heavy atom. The zero-order valence-electron chi connectivity index (χ0n) is 14.8. The van der Waals surface area contributed by atoms with Crippen molar-refractivity contribution in [2.24, 2.45) is 0 Å². The van der Waals surface area contributed by atoms with Crippen LogP contribution >= 0.6 is 22.7 Å². The van der Waals surface area contributed by atoms with Gasteiger partial charge in [0.05, 0.1) is 12.1 Å². The molecule has 2 aromatic heterocycles. The number of aromatic nitrogens is 1. The molecule has 0 unspecified atom stereocenters. The molecule has 1 atom stereocenters. The minimum Gasteiger partial charge on any atom is -0.490 e. The molecule has 136 valence electrons. The largest absolute Gasteiger partial charge is 0.490 e. The van der Waals surface area contributed by atoms with Gasteiger partial charge in [0.2, 0.25) is 0 Å². The molecule has 5 heteroatoms. The normalized spacial score (nSPS) is 16.0. The number of ether oxygens (including phenoxy) is 1. The van der Waals surface area contributed by atoms with Gasteiger partial charge < -0.3 is 10.1 Å². The van der Waals surface area contributed by atoms with Crippen molar-refractivity contribution in [1.29, 1.82) is 0 Å². The first kappa shape index (κ1) is 17.7. The van der Waals surface area contributed by atoms with Gasteiger partial charge in [-0.3, -0.25) is 0 Å². The third-order valence-corrected chi connectivity index (χ3v) is 6.58. The molecule has 0 bridgehead atoms. The van der Waals surface area contributed by atoms with Gasteiger partial charge >= 0.3 is 0 Å². The van der Waals surface area contributed by atoms with Crippen LogP contribution in [-0.2, 0) is 13.0 Å². The number of nitrogens with one attached hydrogen (secondary N) is 1. The first-order chi connectivity index (χ1) is 12.9. The van der Waals surface area contributed by atoms with Crippen molar-refractivity contribution in [2.75, 3.05) is 0 Å². The summed E-state index contributed by atoms with van der Waals surface area (Å²) in [4.78, 5) is 5.92. The van der Waals surface area contributed by atoms with Crippen LogP contribution in [0.2, 0.25) is 0 Å². The molecule has 0 spiro atoms. The van der Waals surface area contributed by atoms with Gasteiger partial charge in [-0.2, -0.15) is 0 Å². The summed E-state index contributed by atoms with van der Waals surface area (Å²) in [5, 5.41) is 9.03. The number of hydrogen-bond donors (Lipinski definition) is 1. The molecule has 3 nitrogen and oxygen atoms in total. The number of hydrogen-bond acceptors (Lipinski definition) is 5. The van der Waals surface area contributed by atoms with Gasteiger partial charge in [-0.25, -0.2) is 4.98 Å². The fourth-order valence-corrected chi connectivity index (χ4v) is 4.92. The molecule has 2 heterocycles. The highest BCUT2D eigenvalue weighted by Crippen LogP contribution is 2.26. The smallest absolute Gasteiger partial charge is 0.120 e. The topological polar surface area (TPSA) is 34.2 Å². The number of nitrogens with zero attached hydrogens (tertiary/aromatic N) is 1.